The van der Waals surface area contributed by atoms with Crippen LogP contribution < -0.4 is 4.74 Å². The lowest BCUT2D eigenvalue weighted by Crippen LogP contribution is -2.43. The highest BCUT2D eigenvalue weighted by Crippen LogP contribution is 2.49. The molecule has 0 bridgehead atoms. The molecule has 1 unspecified atom stereocenters. The lowest BCUT2D eigenvalue weighted by atomic mass is 9.70. The van der Waals surface area contributed by atoms with Crippen molar-refractivity contribution in [3.63, 3.8) is 0 Å². The Balaban J connectivity index is 1.12. The summed E-state index contributed by atoms with van der Waals surface area (Å²) < 4.78 is 30.4. The molecule has 1 saturated heterocycles. The number of Topliss-reactive ketones (excluding diaryl/α,β-unsaturated/α-hetero) is 1. The maximum absolute atomic E-state index is 13.6. The second-order valence-corrected chi connectivity index (χ2v) is 13.7. The van der Waals surface area contributed by atoms with E-state index in [0.717, 1.165) is 16.7 Å². The number of hydrogen-bond acceptors (Lipinski definition) is 10. The second kappa shape index (κ2) is 16.0. The van der Waals surface area contributed by atoms with Gasteiger partial charge in [0.05, 0.1) is 22.1 Å². The van der Waals surface area contributed by atoms with Crippen LogP contribution in [0.2, 0.25) is 0 Å². The third kappa shape index (κ3) is 7.50. The van der Waals surface area contributed by atoms with E-state index < -0.39 is 47.9 Å². The van der Waals surface area contributed by atoms with Crippen molar-refractivity contribution in [3.05, 3.63) is 203 Å². The van der Waals surface area contributed by atoms with Gasteiger partial charge in [0.1, 0.15) is 24.2 Å². The molecule has 284 valence electrons. The summed E-state index contributed by atoms with van der Waals surface area (Å²) >= 11 is 0. The van der Waals surface area contributed by atoms with Crippen LogP contribution in [0.5, 0.6) is 11.5 Å². The van der Waals surface area contributed by atoms with Crippen molar-refractivity contribution < 1.29 is 48.0 Å². The molecule has 57 heavy (non-hydrogen) atoms. The van der Waals surface area contributed by atoms with E-state index in [4.69, 9.17) is 23.7 Å². The minimum Gasteiger partial charge on any atom is -0.508 e. The highest BCUT2D eigenvalue weighted by Gasteiger charge is 2.52. The van der Waals surface area contributed by atoms with E-state index in [1.165, 1.54) is 0 Å². The van der Waals surface area contributed by atoms with Crippen LogP contribution >= 0.6 is 0 Å². The van der Waals surface area contributed by atoms with Crippen molar-refractivity contribution in [1.82, 2.24) is 0 Å². The molecular weight excluding hydrogens is 725 g/mol. The molecule has 1 N–H and O–H groups in total. The average molecular weight is 761 g/mol. The zero-order chi connectivity index (χ0) is 39.4. The van der Waals surface area contributed by atoms with Gasteiger partial charge in [-0.15, -0.1) is 0 Å². The second-order valence-electron chi connectivity index (χ2n) is 13.7. The molecule has 2 aliphatic rings. The molecule has 0 aromatic heterocycles. The molecule has 10 heteroatoms. The van der Waals surface area contributed by atoms with Gasteiger partial charge in [0.15, 0.2) is 11.9 Å². The zero-order valence-corrected chi connectivity index (χ0v) is 30.4. The Morgan fingerprint density at radius 3 is 1.67 bits per heavy atom. The average Bonchev–Trinajstić information content (AvgIpc) is 3.74. The first-order valence-corrected chi connectivity index (χ1v) is 18.4. The number of carbonyl (C=O) groups excluding carboxylic acids is 4. The molecule has 1 fully saturated rings. The summed E-state index contributed by atoms with van der Waals surface area (Å²) in [6.07, 6.45) is -4.83. The van der Waals surface area contributed by atoms with Crippen molar-refractivity contribution >= 4 is 23.7 Å². The van der Waals surface area contributed by atoms with Crippen LogP contribution in [0.4, 0.5) is 0 Å². The van der Waals surface area contributed by atoms with Gasteiger partial charge in [0.25, 0.3) is 0 Å². The van der Waals surface area contributed by atoms with E-state index in [9.17, 15) is 24.3 Å². The molecule has 1 aliphatic carbocycles. The number of carbonyl (C=O) groups is 4. The molecule has 6 aromatic carbocycles. The van der Waals surface area contributed by atoms with Crippen LogP contribution in [0.1, 0.15) is 64.5 Å². The molecule has 0 amide bonds. The van der Waals surface area contributed by atoms with Gasteiger partial charge in [0, 0.05) is 12.0 Å². The molecule has 1 heterocycles. The van der Waals surface area contributed by atoms with Crippen molar-refractivity contribution in [1.29, 1.82) is 0 Å². The van der Waals surface area contributed by atoms with E-state index in [2.05, 4.69) is 0 Å². The van der Waals surface area contributed by atoms with E-state index in [0.29, 0.717) is 16.9 Å². The first-order valence-electron chi connectivity index (χ1n) is 18.4. The first kappa shape index (κ1) is 36.9. The highest BCUT2D eigenvalue weighted by atomic mass is 16.7. The Morgan fingerprint density at radius 2 is 1.09 bits per heavy atom. The molecule has 6 aromatic rings. The molecule has 0 spiro atoms. The van der Waals surface area contributed by atoms with Gasteiger partial charge in [-0.1, -0.05) is 103 Å². The number of phenolic OH excluding ortho intramolecular Hbond substituents is 1. The topological polar surface area (TPSA) is 135 Å². The van der Waals surface area contributed by atoms with Crippen LogP contribution in [0.3, 0.4) is 0 Å². The number of rotatable bonds is 11. The fourth-order valence-electron chi connectivity index (χ4n) is 7.44. The molecule has 0 saturated carbocycles. The molecular formula is C47H36O10. The summed E-state index contributed by atoms with van der Waals surface area (Å²) in [6.45, 7) is -0.360. The lowest BCUT2D eigenvalue weighted by Gasteiger charge is -2.31. The number of esters is 3. The van der Waals surface area contributed by atoms with Gasteiger partial charge in [-0.05, 0) is 77.4 Å². The molecule has 10 nitrogen and oxygen atoms in total. The monoisotopic (exact) mass is 760 g/mol. The Hall–Kier alpha value is -7.04. The van der Waals surface area contributed by atoms with Crippen LogP contribution in [-0.2, 0) is 24.4 Å². The van der Waals surface area contributed by atoms with Gasteiger partial charge in [-0.3, -0.25) is 4.79 Å². The number of phenols is 1. The lowest BCUT2D eigenvalue weighted by molar-refractivity contribution is -0.120. The largest absolute Gasteiger partial charge is 0.508 e. The standard InChI is InChI=1S/C47H36O10/c48-35-24-20-33(21-25-35)47(28-39(49)37-18-10-11-19-38(37)47)34-22-26-36(27-23-34)54-46-42(57-45(52)32-16-8-3-9-17-32)41(56-44(51)31-14-6-2-7-15-31)40(55-46)29-53-43(50)30-12-4-1-5-13-30/h1-27,40-42,46,48H,28-29H2/t40-,41-,42-,46-,47?/m1/s1. The normalized spacial score (nSPS) is 20.9. The fourth-order valence-corrected chi connectivity index (χ4v) is 7.44. The van der Waals surface area contributed by atoms with Crippen molar-refractivity contribution in [3.8, 4) is 11.5 Å². The number of aromatic hydroxyl groups is 1. The molecule has 8 rings (SSSR count). The quantitative estimate of drug-likeness (QED) is 0.103. The summed E-state index contributed by atoms with van der Waals surface area (Å²) in [5, 5.41) is 10.1. The third-order valence-electron chi connectivity index (χ3n) is 10.2. The zero-order valence-electron chi connectivity index (χ0n) is 30.4. The first-order chi connectivity index (χ1) is 27.8. The summed E-state index contributed by atoms with van der Waals surface area (Å²) in [5.41, 5.74) is 3.07. The van der Waals surface area contributed by atoms with Crippen LogP contribution in [-0.4, -0.2) is 60.0 Å². The SMILES string of the molecule is O=C(OC[C@H]1O[C@@H](Oc2ccc(C3(c4ccc(O)cc4)CC(=O)c4ccccc43)cc2)[C@H](OC(=O)c2ccccc2)[C@@H]1OC(=O)c1ccccc1)c1ccccc1. The van der Waals surface area contributed by atoms with E-state index >= 15 is 0 Å². The number of hydrogen-bond donors (Lipinski definition) is 1. The van der Waals surface area contributed by atoms with Crippen molar-refractivity contribution in [2.24, 2.45) is 0 Å². The van der Waals surface area contributed by atoms with Gasteiger partial charge in [-0.2, -0.15) is 0 Å². The third-order valence-corrected chi connectivity index (χ3v) is 10.2. The Kier molecular flexibility index (Phi) is 10.3. The maximum atomic E-state index is 13.6. The highest BCUT2D eigenvalue weighted by molar-refractivity contribution is 6.04. The molecule has 0 radical (unpaired) electrons. The van der Waals surface area contributed by atoms with Crippen molar-refractivity contribution in [2.45, 2.75) is 36.4 Å². The summed E-state index contributed by atoms with van der Waals surface area (Å²) in [7, 11) is 0. The maximum Gasteiger partial charge on any atom is 0.338 e. The summed E-state index contributed by atoms with van der Waals surface area (Å²) in [6, 6.07) is 46.5. The van der Waals surface area contributed by atoms with Gasteiger partial charge in [0.2, 0.25) is 12.4 Å². The van der Waals surface area contributed by atoms with E-state index in [-0.39, 0.29) is 35.7 Å². The van der Waals surface area contributed by atoms with Crippen LogP contribution in [0.15, 0.2) is 164 Å². The van der Waals surface area contributed by atoms with Crippen LogP contribution in [0.25, 0.3) is 0 Å². The minimum atomic E-state index is -1.32. The number of benzene rings is 6. The van der Waals surface area contributed by atoms with Gasteiger partial charge >= 0.3 is 17.9 Å². The fraction of sp³-hybridized carbons (Fsp3) is 0.149. The summed E-state index contributed by atoms with van der Waals surface area (Å²) in [4.78, 5) is 53.5. The van der Waals surface area contributed by atoms with E-state index in [1.807, 2.05) is 48.5 Å². The number of ether oxygens (including phenoxy) is 5. The summed E-state index contributed by atoms with van der Waals surface area (Å²) in [5.74, 6) is -1.62. The predicted molar refractivity (Wildman–Crippen MR) is 207 cm³/mol. The van der Waals surface area contributed by atoms with Gasteiger partial charge in [-0.25, -0.2) is 14.4 Å². The van der Waals surface area contributed by atoms with Gasteiger partial charge < -0.3 is 28.8 Å². The Bertz CT molecular complexity index is 2380. The minimum absolute atomic E-state index is 0.00321. The Labute approximate surface area is 328 Å². The predicted octanol–water partition coefficient (Wildman–Crippen LogP) is 7.72. The smallest absolute Gasteiger partial charge is 0.338 e. The van der Waals surface area contributed by atoms with Crippen molar-refractivity contribution in [2.75, 3.05) is 6.61 Å². The Morgan fingerprint density at radius 1 is 0.596 bits per heavy atom. The van der Waals surface area contributed by atoms with Crippen LogP contribution in [0, 0.1) is 0 Å². The number of fused-ring (bicyclic) bond motifs is 1. The molecule has 5 atom stereocenters. The number of ketones is 1. The van der Waals surface area contributed by atoms with E-state index in [1.54, 1.807) is 115 Å². The molecule has 1 aliphatic heterocycles.